The molecule has 0 amide bonds. The van der Waals surface area contributed by atoms with Crippen molar-refractivity contribution >= 4 is 27.9 Å². The molecule has 0 fully saturated rings. The fourth-order valence-corrected chi connectivity index (χ4v) is 2.14. The highest BCUT2D eigenvalue weighted by Crippen LogP contribution is 2.37. The van der Waals surface area contributed by atoms with E-state index in [1.54, 1.807) is 31.6 Å². The Hall–Kier alpha value is -2.56. The number of esters is 1. The first-order chi connectivity index (χ1) is 9.26. The summed E-state index contributed by atoms with van der Waals surface area (Å²) in [5, 5.41) is 1.61. The number of furan rings is 1. The van der Waals surface area contributed by atoms with E-state index in [-0.39, 0.29) is 0 Å². The van der Waals surface area contributed by atoms with Crippen LogP contribution in [0.1, 0.15) is 10.4 Å². The van der Waals surface area contributed by atoms with Crippen LogP contribution in [-0.2, 0) is 4.74 Å². The zero-order chi connectivity index (χ0) is 13.4. The first kappa shape index (κ1) is 11.5. The van der Waals surface area contributed by atoms with E-state index in [1.165, 1.54) is 7.11 Å². The first-order valence-corrected chi connectivity index (χ1v) is 5.67. The van der Waals surface area contributed by atoms with Crippen molar-refractivity contribution in [1.29, 1.82) is 0 Å². The molecule has 0 N–H and O–H groups in total. The molecular formula is C14H11NO4. The summed E-state index contributed by atoms with van der Waals surface area (Å²) in [5.74, 6) is 0.201. The number of ether oxygens (including phenoxy) is 2. The maximum absolute atomic E-state index is 11.8. The Kier molecular flexibility index (Phi) is 2.59. The molecule has 5 heteroatoms. The second kappa shape index (κ2) is 4.28. The molecule has 0 bridgehead atoms. The van der Waals surface area contributed by atoms with E-state index >= 15 is 0 Å². The molecule has 3 rings (SSSR count). The second-order valence-corrected chi connectivity index (χ2v) is 3.98. The van der Waals surface area contributed by atoms with Crippen LogP contribution in [0.4, 0.5) is 0 Å². The van der Waals surface area contributed by atoms with Crippen molar-refractivity contribution in [2.75, 3.05) is 14.2 Å². The van der Waals surface area contributed by atoms with Gasteiger partial charge in [-0.2, -0.15) is 0 Å². The van der Waals surface area contributed by atoms with E-state index in [0.717, 1.165) is 10.8 Å². The molecule has 5 nitrogen and oxygen atoms in total. The number of hydrogen-bond donors (Lipinski definition) is 0. The van der Waals surface area contributed by atoms with Crippen molar-refractivity contribution in [3.63, 3.8) is 0 Å². The first-order valence-electron chi connectivity index (χ1n) is 5.67. The third kappa shape index (κ3) is 1.62. The van der Waals surface area contributed by atoms with Crippen LogP contribution in [0.25, 0.3) is 21.9 Å². The topological polar surface area (TPSA) is 61.6 Å². The molecule has 2 heterocycles. The van der Waals surface area contributed by atoms with Gasteiger partial charge < -0.3 is 13.9 Å². The van der Waals surface area contributed by atoms with Crippen LogP contribution in [0.3, 0.4) is 0 Å². The Labute approximate surface area is 108 Å². The molecule has 1 aromatic carbocycles. The number of carbonyl (C=O) groups excluding carboxylic acids is 1. The van der Waals surface area contributed by atoms with Crippen molar-refractivity contribution < 1.29 is 18.7 Å². The van der Waals surface area contributed by atoms with Gasteiger partial charge in [-0.15, -0.1) is 0 Å². The number of methoxy groups -OCH3 is 2. The number of fused-ring (bicyclic) bond motifs is 3. The van der Waals surface area contributed by atoms with Crippen molar-refractivity contribution in [3.8, 4) is 5.75 Å². The van der Waals surface area contributed by atoms with Crippen LogP contribution < -0.4 is 4.74 Å². The minimum absolute atomic E-state index is 0.370. The lowest BCUT2D eigenvalue weighted by Gasteiger charge is -2.04. The summed E-state index contributed by atoms with van der Waals surface area (Å²) in [6.07, 6.45) is 3.28. The smallest absolute Gasteiger partial charge is 0.341 e. The quantitative estimate of drug-likeness (QED) is 0.660. The van der Waals surface area contributed by atoms with Gasteiger partial charge in [-0.25, -0.2) is 4.79 Å². The average molecular weight is 257 g/mol. The maximum atomic E-state index is 11.8. The summed E-state index contributed by atoms with van der Waals surface area (Å²) >= 11 is 0. The number of aromatic nitrogens is 1. The number of carbonyl (C=O) groups is 1. The number of pyridine rings is 1. The lowest BCUT2D eigenvalue weighted by atomic mass is 10.1. The molecule has 0 aliphatic rings. The molecule has 3 aromatic rings. The average Bonchev–Trinajstić information content (AvgIpc) is 2.85. The summed E-state index contributed by atoms with van der Waals surface area (Å²) in [7, 11) is 2.91. The van der Waals surface area contributed by atoms with Gasteiger partial charge >= 0.3 is 5.97 Å². The molecule has 19 heavy (non-hydrogen) atoms. The van der Waals surface area contributed by atoms with Crippen LogP contribution in [-0.4, -0.2) is 25.2 Å². The minimum Gasteiger partial charge on any atom is -0.496 e. The van der Waals surface area contributed by atoms with Gasteiger partial charge in [0.1, 0.15) is 11.3 Å². The summed E-state index contributed by atoms with van der Waals surface area (Å²) in [6, 6.07) is 5.18. The molecule has 0 saturated carbocycles. The van der Waals surface area contributed by atoms with Crippen LogP contribution in [0, 0.1) is 0 Å². The van der Waals surface area contributed by atoms with Crippen LogP contribution in [0.15, 0.2) is 35.0 Å². The molecule has 0 spiro atoms. The molecule has 0 atom stereocenters. The Morgan fingerprint density at radius 2 is 2.11 bits per heavy atom. The fraction of sp³-hybridized carbons (Fsp3) is 0.143. The number of nitrogens with zero attached hydrogens (tertiary/aromatic N) is 1. The van der Waals surface area contributed by atoms with Crippen LogP contribution in [0.5, 0.6) is 5.75 Å². The largest absolute Gasteiger partial charge is 0.496 e. The SMILES string of the molecule is COC(=O)c1ccc(OC)c2c1oc1cnccc12. The van der Waals surface area contributed by atoms with E-state index in [4.69, 9.17) is 13.9 Å². The molecule has 2 aromatic heterocycles. The van der Waals surface area contributed by atoms with Crippen molar-refractivity contribution in [1.82, 2.24) is 4.98 Å². The van der Waals surface area contributed by atoms with Gasteiger partial charge in [-0.3, -0.25) is 4.98 Å². The normalized spacial score (nSPS) is 10.8. The standard InChI is InChI=1S/C14H11NO4/c1-17-10-4-3-9(14(16)18-2)13-12(10)8-5-6-15-7-11(8)19-13/h3-7H,1-2H3. The monoisotopic (exact) mass is 257 g/mol. The molecule has 0 aliphatic carbocycles. The molecular weight excluding hydrogens is 246 g/mol. The third-order valence-electron chi connectivity index (χ3n) is 3.01. The maximum Gasteiger partial charge on any atom is 0.341 e. The minimum atomic E-state index is -0.445. The van der Waals surface area contributed by atoms with E-state index in [0.29, 0.717) is 22.5 Å². The lowest BCUT2D eigenvalue weighted by molar-refractivity contribution is 0.0602. The Morgan fingerprint density at radius 1 is 1.26 bits per heavy atom. The Balaban J connectivity index is 2.47. The molecule has 96 valence electrons. The van der Waals surface area contributed by atoms with E-state index in [1.807, 2.05) is 6.07 Å². The highest BCUT2D eigenvalue weighted by Gasteiger charge is 2.19. The summed E-state index contributed by atoms with van der Waals surface area (Å²) in [5.41, 5.74) is 1.43. The summed E-state index contributed by atoms with van der Waals surface area (Å²) in [4.78, 5) is 15.8. The number of rotatable bonds is 2. The van der Waals surface area contributed by atoms with Crippen molar-refractivity contribution in [2.24, 2.45) is 0 Å². The van der Waals surface area contributed by atoms with Gasteiger partial charge in [0.15, 0.2) is 11.2 Å². The molecule has 0 radical (unpaired) electrons. The Morgan fingerprint density at radius 3 is 2.84 bits per heavy atom. The van der Waals surface area contributed by atoms with Gasteiger partial charge in [-0.05, 0) is 18.2 Å². The van der Waals surface area contributed by atoms with E-state index < -0.39 is 5.97 Å². The van der Waals surface area contributed by atoms with Crippen molar-refractivity contribution in [2.45, 2.75) is 0 Å². The third-order valence-corrected chi connectivity index (χ3v) is 3.01. The predicted molar refractivity (Wildman–Crippen MR) is 69.4 cm³/mol. The van der Waals surface area contributed by atoms with Gasteiger partial charge in [0.2, 0.25) is 0 Å². The van der Waals surface area contributed by atoms with Gasteiger partial charge in [0.25, 0.3) is 0 Å². The zero-order valence-corrected chi connectivity index (χ0v) is 10.5. The summed E-state index contributed by atoms with van der Waals surface area (Å²) in [6.45, 7) is 0. The fourth-order valence-electron chi connectivity index (χ4n) is 2.14. The number of hydrogen-bond acceptors (Lipinski definition) is 5. The molecule has 0 unspecified atom stereocenters. The second-order valence-electron chi connectivity index (χ2n) is 3.98. The zero-order valence-electron chi connectivity index (χ0n) is 10.5. The molecule has 0 aliphatic heterocycles. The lowest BCUT2D eigenvalue weighted by Crippen LogP contribution is -2.01. The number of benzene rings is 1. The van der Waals surface area contributed by atoms with Gasteiger partial charge in [0.05, 0.1) is 25.8 Å². The molecule has 0 saturated heterocycles. The van der Waals surface area contributed by atoms with Gasteiger partial charge in [-0.1, -0.05) is 0 Å². The highest BCUT2D eigenvalue weighted by atomic mass is 16.5. The van der Waals surface area contributed by atoms with E-state index in [9.17, 15) is 4.79 Å². The summed E-state index contributed by atoms with van der Waals surface area (Å²) < 4.78 is 15.8. The van der Waals surface area contributed by atoms with Crippen molar-refractivity contribution in [3.05, 3.63) is 36.2 Å². The van der Waals surface area contributed by atoms with Crippen LogP contribution in [0.2, 0.25) is 0 Å². The Bertz CT molecular complexity index is 776. The highest BCUT2D eigenvalue weighted by molar-refractivity contribution is 6.14. The van der Waals surface area contributed by atoms with Crippen LogP contribution >= 0.6 is 0 Å². The van der Waals surface area contributed by atoms with Gasteiger partial charge in [0, 0.05) is 11.6 Å². The predicted octanol–water partition coefficient (Wildman–Crippen LogP) is 2.78. The van der Waals surface area contributed by atoms with E-state index in [2.05, 4.69) is 4.98 Å².